The van der Waals surface area contributed by atoms with Crippen molar-refractivity contribution in [3.05, 3.63) is 35.4 Å². The van der Waals surface area contributed by atoms with E-state index in [4.69, 9.17) is 4.74 Å². The highest BCUT2D eigenvalue weighted by Crippen LogP contribution is 2.30. The average Bonchev–Trinajstić information content (AvgIpc) is 3.46. The Labute approximate surface area is 163 Å². The number of carbonyl (C=O) groups is 1. The minimum Gasteiger partial charge on any atom is -0.373 e. The van der Waals surface area contributed by atoms with E-state index in [0.717, 1.165) is 57.3 Å². The first-order valence-corrected chi connectivity index (χ1v) is 10.5. The van der Waals surface area contributed by atoms with Crippen LogP contribution in [0.4, 0.5) is 0 Å². The number of hydrogen-bond donors (Lipinski definition) is 0. The maximum Gasteiger partial charge on any atom is 0.253 e. The number of carbonyl (C=O) groups excluding carboxylic acids is 1. The van der Waals surface area contributed by atoms with Gasteiger partial charge in [-0.15, -0.1) is 0 Å². The number of ether oxygens (including phenoxy) is 1. The van der Waals surface area contributed by atoms with Gasteiger partial charge in [0.25, 0.3) is 5.91 Å². The molecule has 5 heteroatoms. The topological polar surface area (TPSA) is 36.0 Å². The van der Waals surface area contributed by atoms with Crippen molar-refractivity contribution in [2.45, 2.75) is 45.4 Å². The zero-order valence-electron chi connectivity index (χ0n) is 16.8. The number of piperazine rings is 1. The molecule has 1 aliphatic carbocycles. The Balaban J connectivity index is 1.28. The Hall–Kier alpha value is -1.43. The highest BCUT2D eigenvalue weighted by Gasteiger charge is 2.28. The molecule has 148 valence electrons. The van der Waals surface area contributed by atoms with Gasteiger partial charge < -0.3 is 9.64 Å². The number of rotatable bonds is 5. The van der Waals surface area contributed by atoms with Gasteiger partial charge in [0.2, 0.25) is 0 Å². The summed E-state index contributed by atoms with van der Waals surface area (Å²) in [6.07, 6.45) is 3.36. The maximum atomic E-state index is 12.8. The molecule has 2 atom stereocenters. The molecule has 3 fully saturated rings. The SMILES string of the molecule is CC1CN(Cc2ccc(C(=O)N3CCN(CC4CC4)CC3)cc2)CC(C)O1. The predicted octanol–water partition coefficient (Wildman–Crippen LogP) is 2.46. The Morgan fingerprint density at radius 3 is 2.19 bits per heavy atom. The van der Waals surface area contributed by atoms with Crippen LogP contribution in [0.5, 0.6) is 0 Å². The lowest BCUT2D eigenvalue weighted by atomic mass is 10.1. The fourth-order valence-electron chi connectivity index (χ4n) is 4.41. The summed E-state index contributed by atoms with van der Waals surface area (Å²) in [6.45, 7) is 12.1. The van der Waals surface area contributed by atoms with Crippen molar-refractivity contribution in [1.82, 2.24) is 14.7 Å². The summed E-state index contributed by atoms with van der Waals surface area (Å²) in [5.41, 5.74) is 2.08. The van der Waals surface area contributed by atoms with Gasteiger partial charge in [-0.2, -0.15) is 0 Å². The van der Waals surface area contributed by atoms with Gasteiger partial charge in [0.05, 0.1) is 12.2 Å². The predicted molar refractivity (Wildman–Crippen MR) is 107 cm³/mol. The van der Waals surface area contributed by atoms with Crippen LogP contribution in [0.3, 0.4) is 0 Å². The first kappa shape index (κ1) is 18.9. The standard InChI is InChI=1S/C22H33N3O2/c1-17-13-24(14-18(2)27-17)16-20-5-7-21(8-6-20)22(26)25-11-9-23(10-12-25)15-19-3-4-19/h5-8,17-19H,3-4,9-16H2,1-2H3. The van der Waals surface area contributed by atoms with E-state index < -0.39 is 0 Å². The highest BCUT2D eigenvalue weighted by atomic mass is 16.5. The second kappa shape index (κ2) is 8.29. The molecule has 0 N–H and O–H groups in total. The Bertz CT molecular complexity index is 625. The van der Waals surface area contributed by atoms with Crippen molar-refractivity contribution in [3.8, 4) is 0 Å². The molecule has 0 radical (unpaired) electrons. The summed E-state index contributed by atoms with van der Waals surface area (Å²) in [6, 6.07) is 8.23. The van der Waals surface area contributed by atoms with E-state index >= 15 is 0 Å². The van der Waals surface area contributed by atoms with Crippen LogP contribution in [-0.2, 0) is 11.3 Å². The van der Waals surface area contributed by atoms with Crippen molar-refractivity contribution in [1.29, 1.82) is 0 Å². The van der Waals surface area contributed by atoms with Gasteiger partial charge >= 0.3 is 0 Å². The molecular formula is C22H33N3O2. The third-order valence-corrected chi connectivity index (χ3v) is 5.98. The van der Waals surface area contributed by atoms with Gasteiger partial charge in [-0.05, 0) is 50.3 Å². The van der Waals surface area contributed by atoms with Crippen LogP contribution in [0, 0.1) is 5.92 Å². The monoisotopic (exact) mass is 371 g/mol. The Kier molecular flexibility index (Phi) is 5.81. The molecule has 4 rings (SSSR count). The van der Waals surface area contributed by atoms with Crippen LogP contribution in [-0.4, -0.2) is 78.6 Å². The second-order valence-electron chi connectivity index (χ2n) is 8.68. The summed E-state index contributed by atoms with van der Waals surface area (Å²) in [7, 11) is 0. The van der Waals surface area contributed by atoms with Crippen molar-refractivity contribution >= 4 is 5.91 Å². The summed E-state index contributed by atoms with van der Waals surface area (Å²) in [5, 5.41) is 0. The number of benzene rings is 1. The molecule has 27 heavy (non-hydrogen) atoms. The molecule has 5 nitrogen and oxygen atoms in total. The lowest BCUT2D eigenvalue weighted by Crippen LogP contribution is -2.49. The van der Waals surface area contributed by atoms with Crippen molar-refractivity contribution in [2.75, 3.05) is 45.8 Å². The summed E-state index contributed by atoms with van der Waals surface area (Å²) < 4.78 is 5.81. The van der Waals surface area contributed by atoms with Gasteiger partial charge in [0, 0.05) is 57.9 Å². The van der Waals surface area contributed by atoms with Crippen LogP contribution in [0.2, 0.25) is 0 Å². The van der Waals surface area contributed by atoms with Gasteiger partial charge in [0.15, 0.2) is 0 Å². The minimum atomic E-state index is 0.182. The smallest absolute Gasteiger partial charge is 0.253 e. The third-order valence-electron chi connectivity index (χ3n) is 5.98. The summed E-state index contributed by atoms with van der Waals surface area (Å²) >= 11 is 0. The molecule has 2 aliphatic heterocycles. The molecule has 0 bridgehead atoms. The largest absolute Gasteiger partial charge is 0.373 e. The normalized spacial score (nSPS) is 27.7. The molecule has 2 heterocycles. The Morgan fingerprint density at radius 2 is 1.59 bits per heavy atom. The lowest BCUT2D eigenvalue weighted by molar-refractivity contribution is -0.0704. The van der Waals surface area contributed by atoms with E-state index in [-0.39, 0.29) is 18.1 Å². The minimum absolute atomic E-state index is 0.182. The molecular weight excluding hydrogens is 338 g/mol. The van der Waals surface area contributed by atoms with Gasteiger partial charge in [-0.25, -0.2) is 0 Å². The zero-order chi connectivity index (χ0) is 18.8. The molecule has 1 amide bonds. The summed E-state index contributed by atoms with van der Waals surface area (Å²) in [5.74, 6) is 1.11. The lowest BCUT2D eigenvalue weighted by Gasteiger charge is -2.35. The molecule has 0 spiro atoms. The van der Waals surface area contributed by atoms with E-state index in [1.165, 1.54) is 24.9 Å². The second-order valence-corrected chi connectivity index (χ2v) is 8.68. The Morgan fingerprint density at radius 1 is 0.963 bits per heavy atom. The van der Waals surface area contributed by atoms with Gasteiger partial charge in [0.1, 0.15) is 0 Å². The van der Waals surface area contributed by atoms with Crippen LogP contribution < -0.4 is 0 Å². The number of hydrogen-bond acceptors (Lipinski definition) is 4. The van der Waals surface area contributed by atoms with Crippen LogP contribution in [0.25, 0.3) is 0 Å². The molecule has 1 aromatic rings. The first-order chi connectivity index (χ1) is 13.1. The summed E-state index contributed by atoms with van der Waals surface area (Å²) in [4.78, 5) is 19.8. The van der Waals surface area contributed by atoms with Crippen molar-refractivity contribution in [2.24, 2.45) is 5.92 Å². The highest BCUT2D eigenvalue weighted by molar-refractivity contribution is 5.94. The van der Waals surface area contributed by atoms with Crippen LogP contribution in [0.1, 0.15) is 42.6 Å². The maximum absolute atomic E-state index is 12.8. The molecule has 3 aliphatic rings. The average molecular weight is 372 g/mol. The molecule has 1 saturated carbocycles. The third kappa shape index (κ3) is 5.09. The first-order valence-electron chi connectivity index (χ1n) is 10.5. The van der Waals surface area contributed by atoms with E-state index in [9.17, 15) is 4.79 Å². The van der Waals surface area contributed by atoms with Crippen molar-refractivity contribution in [3.63, 3.8) is 0 Å². The van der Waals surface area contributed by atoms with Crippen molar-refractivity contribution < 1.29 is 9.53 Å². The number of amides is 1. The van der Waals surface area contributed by atoms with Crippen LogP contribution in [0.15, 0.2) is 24.3 Å². The van der Waals surface area contributed by atoms with E-state index in [1.54, 1.807) is 0 Å². The fraction of sp³-hybridized carbons (Fsp3) is 0.682. The van der Waals surface area contributed by atoms with E-state index in [2.05, 4.69) is 35.8 Å². The van der Waals surface area contributed by atoms with Gasteiger partial charge in [-0.1, -0.05) is 12.1 Å². The molecule has 0 aromatic heterocycles. The molecule has 1 aromatic carbocycles. The van der Waals surface area contributed by atoms with Gasteiger partial charge in [-0.3, -0.25) is 14.6 Å². The van der Waals surface area contributed by atoms with Crippen LogP contribution >= 0.6 is 0 Å². The van der Waals surface area contributed by atoms with E-state index in [0.29, 0.717) is 0 Å². The number of nitrogens with zero attached hydrogens (tertiary/aromatic N) is 3. The number of morpholine rings is 1. The fourth-order valence-corrected chi connectivity index (χ4v) is 4.41. The molecule has 2 saturated heterocycles. The molecule has 2 unspecified atom stereocenters. The van der Waals surface area contributed by atoms with E-state index in [1.807, 2.05) is 17.0 Å². The quantitative estimate of drug-likeness (QED) is 0.797. The zero-order valence-corrected chi connectivity index (χ0v) is 16.8.